The number of hydrogen-bond donors (Lipinski definition) is 0. The number of ether oxygens (including phenoxy) is 1. The predicted molar refractivity (Wildman–Crippen MR) is 165 cm³/mol. The van der Waals surface area contributed by atoms with E-state index in [4.69, 9.17) is 4.74 Å². The zero-order valence-corrected chi connectivity index (χ0v) is 27.2. The van der Waals surface area contributed by atoms with Gasteiger partial charge in [0.25, 0.3) is 0 Å². The number of carbonyl (C=O) groups is 1. The second-order valence-corrected chi connectivity index (χ2v) is 18.9. The number of halogens is 1. The van der Waals surface area contributed by atoms with E-state index in [0.29, 0.717) is 11.1 Å². The van der Waals surface area contributed by atoms with Gasteiger partial charge in [0.1, 0.15) is 0 Å². The van der Waals surface area contributed by atoms with Crippen molar-refractivity contribution in [1.29, 1.82) is 0 Å². The molecular weight excluding hydrogens is 619 g/mol. The van der Waals surface area contributed by atoms with Gasteiger partial charge in [-0.05, 0) is 0 Å². The molecule has 1 fully saturated rings. The quantitative estimate of drug-likeness (QED) is 0.214. The third-order valence-electron chi connectivity index (χ3n) is 8.74. The Bertz CT molecular complexity index is 1250. The Kier molecular flexibility index (Phi) is 10.1. The average Bonchev–Trinajstić information content (AvgIpc) is 2.98. The van der Waals surface area contributed by atoms with Crippen molar-refractivity contribution in [1.82, 2.24) is 0 Å². The SMILES string of the molecule is C[C@@H]1CC[C@@H](C(C)(C)c2ccccc2)[C@H](OC(=O)C[As+](c2ccccc2)(c2ccccc2)c2ccccc2)C1.[Br-]. The minimum atomic E-state index is -3.18. The smallest absolute Gasteiger partial charge is 1.00 e. The van der Waals surface area contributed by atoms with E-state index in [0.717, 1.165) is 12.8 Å². The van der Waals surface area contributed by atoms with Crippen molar-refractivity contribution in [2.24, 2.45) is 11.8 Å². The fraction of sp³-hybridized carbons (Fsp3) is 0.306. The van der Waals surface area contributed by atoms with Crippen LogP contribution >= 0.6 is 0 Å². The maximum Gasteiger partial charge on any atom is -1.00 e. The van der Waals surface area contributed by atoms with Crippen molar-refractivity contribution in [3.05, 3.63) is 127 Å². The maximum absolute atomic E-state index is 14.2. The largest absolute Gasteiger partial charge is 1.00 e. The van der Waals surface area contributed by atoms with Crippen LogP contribution in [0, 0.1) is 11.8 Å². The van der Waals surface area contributed by atoms with E-state index in [-0.39, 0.29) is 40.4 Å². The Morgan fingerprint density at radius 2 is 1.15 bits per heavy atom. The Labute approximate surface area is 253 Å². The van der Waals surface area contributed by atoms with E-state index in [1.807, 2.05) is 0 Å². The number of carbonyl (C=O) groups excluding carboxylic acids is 1. The Morgan fingerprint density at radius 3 is 1.60 bits per heavy atom. The second-order valence-electron chi connectivity index (χ2n) is 11.6. The molecule has 1 saturated carbocycles. The number of hydrogen-bond acceptors (Lipinski definition) is 2. The molecule has 0 unspecified atom stereocenters. The third-order valence-corrected chi connectivity index (χ3v) is 17.7. The summed E-state index contributed by atoms with van der Waals surface area (Å²) < 4.78 is 10.4. The van der Waals surface area contributed by atoms with Crippen molar-refractivity contribution in [3.63, 3.8) is 0 Å². The summed E-state index contributed by atoms with van der Waals surface area (Å²) in [7, 11) is 0. The van der Waals surface area contributed by atoms with Crippen LogP contribution in [0.4, 0.5) is 0 Å². The van der Waals surface area contributed by atoms with Gasteiger partial charge in [0.2, 0.25) is 0 Å². The molecule has 1 aliphatic rings. The molecule has 0 radical (unpaired) electrons. The standard InChI is InChI=1S/C36H40AsO2.BrH/c1-28-24-25-33(36(2,3)29-16-8-4-9-17-29)34(26-28)39-35(38)27-37(30-18-10-5-11-19-30,31-20-12-6-13-21-31)32-22-14-7-15-23-32;/h4-23,28,33-34H,24-27H2,1-3H3;1H/q+1;/p-1/t28-,33-,34-;/m1./s1. The molecule has 2 nitrogen and oxygen atoms in total. The molecule has 0 bridgehead atoms. The number of benzene rings is 4. The number of esters is 1. The molecule has 0 heterocycles. The fourth-order valence-electron chi connectivity index (χ4n) is 6.53. The van der Waals surface area contributed by atoms with Crippen molar-refractivity contribution in [2.45, 2.75) is 56.8 Å². The molecule has 0 N–H and O–H groups in total. The molecule has 208 valence electrons. The van der Waals surface area contributed by atoms with Gasteiger partial charge in [-0.3, -0.25) is 0 Å². The molecule has 0 aliphatic heterocycles. The number of rotatable bonds is 8. The molecule has 4 heteroatoms. The van der Waals surface area contributed by atoms with E-state index in [1.54, 1.807) is 0 Å². The molecule has 4 aromatic rings. The summed E-state index contributed by atoms with van der Waals surface area (Å²) in [6, 6.07) is 42.8. The second kappa shape index (κ2) is 13.4. The van der Waals surface area contributed by atoms with Crippen LogP contribution in [0.1, 0.15) is 45.6 Å². The van der Waals surface area contributed by atoms with Crippen LogP contribution in [0.3, 0.4) is 0 Å². The molecule has 0 saturated heterocycles. The minimum Gasteiger partial charge on any atom is -1.00 e. The maximum atomic E-state index is 14.2. The van der Waals surface area contributed by atoms with Gasteiger partial charge in [-0.25, -0.2) is 0 Å². The Morgan fingerprint density at radius 1 is 0.725 bits per heavy atom. The van der Waals surface area contributed by atoms with Crippen molar-refractivity contribution in [3.8, 4) is 0 Å². The first-order chi connectivity index (χ1) is 18.9. The topological polar surface area (TPSA) is 26.3 Å². The Hall–Kier alpha value is -2.61. The predicted octanol–water partition coefficient (Wildman–Crippen LogP) is 3.49. The molecule has 40 heavy (non-hydrogen) atoms. The van der Waals surface area contributed by atoms with Gasteiger partial charge < -0.3 is 17.0 Å². The monoisotopic (exact) mass is 658 g/mol. The van der Waals surface area contributed by atoms with E-state index < -0.39 is 13.6 Å². The molecule has 4 aromatic carbocycles. The van der Waals surface area contributed by atoms with Gasteiger partial charge in [0.05, 0.1) is 0 Å². The molecule has 0 spiro atoms. The van der Waals surface area contributed by atoms with Crippen LogP contribution in [-0.2, 0) is 14.9 Å². The molecule has 1 aliphatic carbocycles. The normalized spacial score (nSPS) is 19.3. The van der Waals surface area contributed by atoms with Crippen molar-refractivity contribution < 1.29 is 26.5 Å². The van der Waals surface area contributed by atoms with Gasteiger partial charge in [0.15, 0.2) is 0 Å². The van der Waals surface area contributed by atoms with E-state index in [9.17, 15) is 4.79 Å². The molecule has 3 atom stereocenters. The molecule has 0 amide bonds. The summed E-state index contributed by atoms with van der Waals surface area (Å²) in [5, 5.41) is 0.416. The molecular formula is C36H40AsBrO2. The summed E-state index contributed by atoms with van der Waals surface area (Å²) in [4.78, 5) is 14.2. The first-order valence-electron chi connectivity index (χ1n) is 14.2. The summed E-state index contributed by atoms with van der Waals surface area (Å²) in [6.07, 6.45) is 3.08. The van der Waals surface area contributed by atoms with E-state index >= 15 is 0 Å². The molecule has 0 aromatic heterocycles. The van der Waals surface area contributed by atoms with Crippen LogP contribution in [0.2, 0.25) is 5.21 Å². The van der Waals surface area contributed by atoms with Gasteiger partial charge in [-0.1, -0.05) is 0 Å². The average molecular weight is 660 g/mol. The summed E-state index contributed by atoms with van der Waals surface area (Å²) >= 11 is -3.18. The molecule has 5 rings (SSSR count). The summed E-state index contributed by atoms with van der Waals surface area (Å²) in [6.45, 7) is 6.94. The zero-order valence-electron chi connectivity index (χ0n) is 23.7. The van der Waals surface area contributed by atoms with E-state index in [1.165, 1.54) is 25.0 Å². The minimum absolute atomic E-state index is 0. The van der Waals surface area contributed by atoms with Gasteiger partial charge >= 0.3 is 238 Å². The zero-order chi connectivity index (χ0) is 27.3. The van der Waals surface area contributed by atoms with Gasteiger partial charge in [-0.15, -0.1) is 0 Å². The van der Waals surface area contributed by atoms with Crippen molar-refractivity contribution in [2.75, 3.05) is 0 Å². The van der Waals surface area contributed by atoms with Crippen LogP contribution in [0.15, 0.2) is 121 Å². The fourth-order valence-corrected chi connectivity index (χ4v) is 14.8. The van der Waals surface area contributed by atoms with Crippen LogP contribution in [0.5, 0.6) is 0 Å². The summed E-state index contributed by atoms with van der Waals surface area (Å²) in [5.74, 6) is 0.769. The summed E-state index contributed by atoms with van der Waals surface area (Å²) in [5.41, 5.74) is 1.23. The van der Waals surface area contributed by atoms with E-state index in [2.05, 4.69) is 142 Å². The van der Waals surface area contributed by atoms with Crippen molar-refractivity contribution >= 4 is 32.6 Å². The van der Waals surface area contributed by atoms with Crippen LogP contribution in [-0.4, -0.2) is 25.6 Å². The van der Waals surface area contributed by atoms with Gasteiger partial charge in [0, 0.05) is 0 Å². The first-order valence-corrected chi connectivity index (χ1v) is 18.4. The third kappa shape index (κ3) is 6.32. The van der Waals surface area contributed by atoms with Crippen LogP contribution < -0.4 is 30.0 Å². The van der Waals surface area contributed by atoms with Crippen LogP contribution in [0.25, 0.3) is 0 Å². The van der Waals surface area contributed by atoms with Gasteiger partial charge in [-0.2, -0.15) is 0 Å². The first kappa shape index (κ1) is 30.3. The Balaban J connectivity index is 0.00000370.